The van der Waals surface area contributed by atoms with Gasteiger partial charge in [0.1, 0.15) is 0 Å². The van der Waals surface area contributed by atoms with Gasteiger partial charge in [0.15, 0.2) is 0 Å². The lowest BCUT2D eigenvalue weighted by Gasteiger charge is -1.88. The van der Waals surface area contributed by atoms with Crippen LogP contribution in [0.2, 0.25) is 0 Å². The highest BCUT2D eigenvalue weighted by atomic mass is 35.5. The third-order valence-electron chi connectivity index (χ3n) is 0.605. The van der Waals surface area contributed by atoms with Gasteiger partial charge < -0.3 is 4.74 Å². The van der Waals surface area contributed by atoms with Crippen molar-refractivity contribution in [3.63, 3.8) is 0 Å². The first-order valence-corrected chi connectivity index (χ1v) is 2.45. The molecule has 0 atom stereocenters. The van der Waals surface area contributed by atoms with Gasteiger partial charge in [0.25, 0.3) is 5.24 Å². The standard InChI is InChI=1S/C5H7ClO2/c1-4(3-8-2)5(6)7/h3H,1-2H3/b4-3-. The number of hydrogen-bond acceptors (Lipinski definition) is 2. The van der Waals surface area contributed by atoms with Gasteiger partial charge in [-0.2, -0.15) is 0 Å². The Morgan fingerprint density at radius 2 is 2.25 bits per heavy atom. The summed E-state index contributed by atoms with van der Waals surface area (Å²) in [7, 11) is 1.46. The summed E-state index contributed by atoms with van der Waals surface area (Å²) >= 11 is 5.02. The van der Waals surface area contributed by atoms with Crippen LogP contribution in [0.15, 0.2) is 11.8 Å². The van der Waals surface area contributed by atoms with Crippen molar-refractivity contribution >= 4 is 16.8 Å². The normalized spacial score (nSPS) is 11.1. The van der Waals surface area contributed by atoms with Gasteiger partial charge in [-0.25, -0.2) is 0 Å². The quantitative estimate of drug-likeness (QED) is 0.323. The second-order valence-electron chi connectivity index (χ2n) is 1.31. The molecule has 0 amide bonds. The summed E-state index contributed by atoms with van der Waals surface area (Å²) in [6, 6.07) is 0. The van der Waals surface area contributed by atoms with Crippen LogP contribution in [-0.2, 0) is 9.53 Å². The van der Waals surface area contributed by atoms with Gasteiger partial charge in [0.05, 0.1) is 13.4 Å². The number of carbonyl (C=O) groups excluding carboxylic acids is 1. The highest BCUT2D eigenvalue weighted by Crippen LogP contribution is 1.96. The van der Waals surface area contributed by atoms with Crippen LogP contribution in [0.1, 0.15) is 6.92 Å². The Morgan fingerprint density at radius 1 is 1.75 bits per heavy atom. The molecule has 0 saturated heterocycles. The second-order valence-corrected chi connectivity index (χ2v) is 1.65. The summed E-state index contributed by atoms with van der Waals surface area (Å²) in [6.45, 7) is 1.58. The van der Waals surface area contributed by atoms with E-state index in [1.54, 1.807) is 6.92 Å². The van der Waals surface area contributed by atoms with Crippen LogP contribution in [0, 0.1) is 0 Å². The van der Waals surface area contributed by atoms with E-state index >= 15 is 0 Å². The van der Waals surface area contributed by atoms with Crippen molar-refractivity contribution in [1.29, 1.82) is 0 Å². The molecule has 0 aromatic rings. The predicted molar refractivity (Wildman–Crippen MR) is 31.6 cm³/mol. The van der Waals surface area contributed by atoms with E-state index in [0.717, 1.165) is 0 Å². The molecule has 0 aromatic heterocycles. The van der Waals surface area contributed by atoms with Crippen molar-refractivity contribution in [1.82, 2.24) is 0 Å². The van der Waals surface area contributed by atoms with E-state index < -0.39 is 5.24 Å². The fraction of sp³-hybridized carbons (Fsp3) is 0.400. The van der Waals surface area contributed by atoms with Gasteiger partial charge in [0, 0.05) is 5.57 Å². The van der Waals surface area contributed by atoms with Crippen molar-refractivity contribution in [2.45, 2.75) is 6.92 Å². The summed E-state index contributed by atoms with van der Waals surface area (Å²) in [4.78, 5) is 10.2. The lowest BCUT2D eigenvalue weighted by Crippen LogP contribution is -1.87. The number of carbonyl (C=O) groups is 1. The number of hydrogen-bond donors (Lipinski definition) is 0. The van der Waals surface area contributed by atoms with E-state index in [0.29, 0.717) is 5.57 Å². The first-order chi connectivity index (χ1) is 3.68. The van der Waals surface area contributed by atoms with Crippen molar-refractivity contribution in [3.05, 3.63) is 11.8 Å². The molecule has 0 saturated carbocycles. The second kappa shape index (κ2) is 3.50. The molecule has 3 heteroatoms. The van der Waals surface area contributed by atoms with Crippen LogP contribution in [0.3, 0.4) is 0 Å². The SMILES string of the molecule is CO/C=C(/C)C(=O)Cl. The van der Waals surface area contributed by atoms with E-state index in [4.69, 9.17) is 11.6 Å². The average Bonchev–Trinajstić information content (AvgIpc) is 1.67. The van der Waals surface area contributed by atoms with Crippen molar-refractivity contribution in [3.8, 4) is 0 Å². The Balaban J connectivity index is 3.80. The maximum atomic E-state index is 10.2. The summed E-state index contributed by atoms with van der Waals surface area (Å²) in [5.41, 5.74) is 0.411. The van der Waals surface area contributed by atoms with Crippen LogP contribution in [0.4, 0.5) is 0 Å². The molecule has 0 heterocycles. The zero-order valence-corrected chi connectivity index (χ0v) is 5.53. The molecule has 0 N–H and O–H groups in total. The minimum atomic E-state index is -0.480. The van der Waals surface area contributed by atoms with Gasteiger partial charge in [-0.1, -0.05) is 0 Å². The number of methoxy groups -OCH3 is 1. The van der Waals surface area contributed by atoms with E-state index in [1.807, 2.05) is 0 Å². The highest BCUT2D eigenvalue weighted by Gasteiger charge is 1.95. The lowest BCUT2D eigenvalue weighted by molar-refractivity contribution is -0.108. The molecule has 0 aliphatic rings. The first kappa shape index (κ1) is 7.50. The zero-order chi connectivity index (χ0) is 6.57. The van der Waals surface area contributed by atoms with E-state index in [2.05, 4.69) is 4.74 Å². The van der Waals surface area contributed by atoms with E-state index in [1.165, 1.54) is 13.4 Å². The molecular weight excluding hydrogens is 128 g/mol. The largest absolute Gasteiger partial charge is 0.504 e. The van der Waals surface area contributed by atoms with E-state index in [9.17, 15) is 4.79 Å². The van der Waals surface area contributed by atoms with Crippen LogP contribution < -0.4 is 0 Å². The molecule has 2 nitrogen and oxygen atoms in total. The van der Waals surface area contributed by atoms with Gasteiger partial charge in [-0.3, -0.25) is 4.79 Å². The molecule has 0 rings (SSSR count). The Morgan fingerprint density at radius 3 is 2.38 bits per heavy atom. The van der Waals surface area contributed by atoms with Crippen LogP contribution in [0.25, 0.3) is 0 Å². The average molecular weight is 135 g/mol. The third kappa shape index (κ3) is 2.64. The smallest absolute Gasteiger partial charge is 0.251 e. The number of allylic oxidation sites excluding steroid dienone is 1. The fourth-order valence-electron chi connectivity index (χ4n) is 0.223. The molecule has 0 aromatic carbocycles. The molecule has 0 aliphatic heterocycles. The summed E-state index contributed by atoms with van der Waals surface area (Å²) in [5, 5.41) is -0.480. The third-order valence-corrected chi connectivity index (χ3v) is 0.903. The number of ether oxygens (including phenoxy) is 1. The summed E-state index contributed by atoms with van der Waals surface area (Å²) in [5.74, 6) is 0. The van der Waals surface area contributed by atoms with Crippen molar-refractivity contribution in [2.75, 3.05) is 7.11 Å². The Kier molecular flexibility index (Phi) is 3.28. The maximum absolute atomic E-state index is 10.2. The van der Waals surface area contributed by atoms with Gasteiger partial charge in [-0.05, 0) is 18.5 Å². The minimum Gasteiger partial charge on any atom is -0.504 e. The van der Waals surface area contributed by atoms with Gasteiger partial charge >= 0.3 is 0 Å². The molecule has 0 unspecified atom stereocenters. The molecule has 0 bridgehead atoms. The zero-order valence-electron chi connectivity index (χ0n) is 4.77. The minimum absolute atomic E-state index is 0.411. The molecule has 46 valence electrons. The van der Waals surface area contributed by atoms with Crippen molar-refractivity contribution < 1.29 is 9.53 Å². The molecule has 0 fully saturated rings. The molecule has 0 radical (unpaired) electrons. The molecule has 0 aliphatic carbocycles. The molecular formula is C5H7ClO2. The topological polar surface area (TPSA) is 26.3 Å². The van der Waals surface area contributed by atoms with Crippen molar-refractivity contribution in [2.24, 2.45) is 0 Å². The Hall–Kier alpha value is -0.500. The fourth-order valence-corrected chi connectivity index (χ4v) is 0.268. The number of halogens is 1. The first-order valence-electron chi connectivity index (χ1n) is 2.08. The summed E-state index contributed by atoms with van der Waals surface area (Å²) in [6.07, 6.45) is 1.30. The molecule has 8 heavy (non-hydrogen) atoms. The Bertz CT molecular complexity index is 118. The molecule has 0 spiro atoms. The van der Waals surface area contributed by atoms with Crippen LogP contribution in [-0.4, -0.2) is 12.4 Å². The van der Waals surface area contributed by atoms with Gasteiger partial charge in [-0.15, -0.1) is 0 Å². The predicted octanol–water partition coefficient (Wildman–Crippen LogP) is 1.30. The Labute approximate surface area is 53.1 Å². The number of rotatable bonds is 2. The summed E-state index contributed by atoms with van der Waals surface area (Å²) < 4.78 is 4.50. The van der Waals surface area contributed by atoms with Crippen LogP contribution in [0.5, 0.6) is 0 Å². The van der Waals surface area contributed by atoms with E-state index in [-0.39, 0.29) is 0 Å². The maximum Gasteiger partial charge on any atom is 0.251 e. The van der Waals surface area contributed by atoms with Gasteiger partial charge in [0.2, 0.25) is 0 Å². The lowest BCUT2D eigenvalue weighted by atomic mass is 10.4. The highest BCUT2D eigenvalue weighted by molar-refractivity contribution is 6.67. The monoisotopic (exact) mass is 134 g/mol. The van der Waals surface area contributed by atoms with Crippen LogP contribution >= 0.6 is 11.6 Å².